The van der Waals surface area contributed by atoms with E-state index in [4.69, 9.17) is 9.47 Å². The molecule has 2 aromatic rings. The van der Waals surface area contributed by atoms with Crippen LogP contribution in [-0.2, 0) is 9.53 Å². The first-order valence-electron chi connectivity index (χ1n) is 9.40. The maximum atomic E-state index is 12.6. The van der Waals surface area contributed by atoms with Gasteiger partial charge in [-0.15, -0.1) is 0 Å². The van der Waals surface area contributed by atoms with Crippen molar-refractivity contribution in [3.63, 3.8) is 0 Å². The second-order valence-electron chi connectivity index (χ2n) is 8.41. The Morgan fingerprint density at radius 2 is 1.59 bits per heavy atom. The number of nitrogens with one attached hydrogen (secondary N) is 2. The van der Waals surface area contributed by atoms with Crippen LogP contribution in [0.4, 0.5) is 10.5 Å². The molecule has 0 bridgehead atoms. The molecule has 156 valence electrons. The SMILES string of the molecule is Cc1cccc(C)c1Oc1ccc(NC(=O)C(C)(C)NC(=O)OC(C)(C)C)cn1. The standard InChI is InChI=1S/C22H29N3O4/c1-14-9-8-10-15(2)18(14)28-17-12-11-16(13-23-17)24-19(26)22(6,7)25-20(27)29-21(3,4)5/h8-13H,1-7H3,(H,24,26)(H,25,27). The van der Waals surface area contributed by atoms with Crippen LogP contribution in [0.1, 0.15) is 45.7 Å². The van der Waals surface area contributed by atoms with Gasteiger partial charge in [-0.1, -0.05) is 18.2 Å². The van der Waals surface area contributed by atoms with Crippen molar-refractivity contribution in [2.45, 2.75) is 59.6 Å². The number of aryl methyl sites for hydroxylation is 2. The molecule has 0 saturated carbocycles. The zero-order valence-corrected chi connectivity index (χ0v) is 18.0. The molecule has 0 aliphatic carbocycles. The summed E-state index contributed by atoms with van der Waals surface area (Å²) < 4.78 is 11.1. The summed E-state index contributed by atoms with van der Waals surface area (Å²) in [6.07, 6.45) is 0.845. The first kappa shape index (κ1) is 22.2. The number of carbonyl (C=O) groups excluding carboxylic acids is 2. The number of nitrogens with zero attached hydrogens (tertiary/aromatic N) is 1. The normalized spacial score (nSPS) is 11.6. The summed E-state index contributed by atoms with van der Waals surface area (Å²) in [5.74, 6) is 0.791. The molecule has 1 heterocycles. The highest BCUT2D eigenvalue weighted by Gasteiger charge is 2.31. The fourth-order valence-electron chi connectivity index (χ4n) is 2.48. The first-order chi connectivity index (χ1) is 13.4. The molecule has 0 radical (unpaired) electrons. The van der Waals surface area contributed by atoms with Crippen LogP contribution in [0.25, 0.3) is 0 Å². The number of para-hydroxylation sites is 1. The van der Waals surface area contributed by atoms with Crippen molar-refractivity contribution in [3.05, 3.63) is 47.7 Å². The van der Waals surface area contributed by atoms with Gasteiger partial charge in [0, 0.05) is 6.07 Å². The van der Waals surface area contributed by atoms with Crippen LogP contribution in [0.15, 0.2) is 36.5 Å². The minimum atomic E-state index is -1.17. The number of alkyl carbamates (subject to hydrolysis) is 1. The fourth-order valence-corrected chi connectivity index (χ4v) is 2.48. The predicted octanol–water partition coefficient (Wildman–Crippen LogP) is 4.73. The molecule has 0 fully saturated rings. The zero-order chi connectivity index (χ0) is 21.8. The van der Waals surface area contributed by atoms with Crippen LogP contribution in [-0.4, -0.2) is 28.1 Å². The van der Waals surface area contributed by atoms with E-state index in [9.17, 15) is 9.59 Å². The van der Waals surface area contributed by atoms with Gasteiger partial charge in [0.25, 0.3) is 0 Å². The monoisotopic (exact) mass is 399 g/mol. The second-order valence-corrected chi connectivity index (χ2v) is 8.41. The summed E-state index contributed by atoms with van der Waals surface area (Å²) >= 11 is 0. The summed E-state index contributed by atoms with van der Waals surface area (Å²) in [6.45, 7) is 12.4. The third kappa shape index (κ3) is 6.48. The van der Waals surface area contributed by atoms with Crippen LogP contribution >= 0.6 is 0 Å². The third-order valence-electron chi connectivity index (χ3n) is 3.99. The molecule has 2 N–H and O–H groups in total. The lowest BCUT2D eigenvalue weighted by molar-refractivity contribution is -0.121. The number of aromatic nitrogens is 1. The largest absolute Gasteiger partial charge is 0.444 e. The second kappa shape index (κ2) is 8.51. The molecule has 0 saturated heterocycles. The summed E-state index contributed by atoms with van der Waals surface area (Å²) in [5.41, 5.74) is 0.697. The van der Waals surface area contributed by atoms with Gasteiger partial charge >= 0.3 is 6.09 Å². The molecule has 2 amide bonds. The number of ether oxygens (including phenoxy) is 2. The average Bonchev–Trinajstić information content (AvgIpc) is 2.57. The van der Waals surface area contributed by atoms with Crippen LogP contribution in [0.3, 0.4) is 0 Å². The van der Waals surface area contributed by atoms with Gasteiger partial charge in [0.05, 0.1) is 11.9 Å². The predicted molar refractivity (Wildman–Crippen MR) is 112 cm³/mol. The Bertz CT molecular complexity index is 864. The quantitative estimate of drug-likeness (QED) is 0.758. The van der Waals surface area contributed by atoms with E-state index >= 15 is 0 Å². The molecule has 1 aromatic heterocycles. The van der Waals surface area contributed by atoms with Gasteiger partial charge in [0.1, 0.15) is 16.9 Å². The number of carbonyl (C=O) groups is 2. The van der Waals surface area contributed by atoms with Crippen LogP contribution in [0, 0.1) is 13.8 Å². The van der Waals surface area contributed by atoms with Crippen LogP contribution in [0.2, 0.25) is 0 Å². The molecular weight excluding hydrogens is 370 g/mol. The molecule has 0 atom stereocenters. The van der Waals surface area contributed by atoms with Gasteiger partial charge in [-0.2, -0.15) is 0 Å². The Morgan fingerprint density at radius 1 is 0.966 bits per heavy atom. The number of hydrogen-bond donors (Lipinski definition) is 2. The van der Waals surface area contributed by atoms with E-state index in [1.807, 2.05) is 32.0 Å². The van der Waals surface area contributed by atoms with Crippen molar-refractivity contribution in [1.29, 1.82) is 0 Å². The minimum absolute atomic E-state index is 0.395. The maximum Gasteiger partial charge on any atom is 0.408 e. The van der Waals surface area contributed by atoms with E-state index in [-0.39, 0.29) is 0 Å². The van der Waals surface area contributed by atoms with Gasteiger partial charge in [-0.05, 0) is 65.7 Å². The maximum absolute atomic E-state index is 12.6. The lowest BCUT2D eigenvalue weighted by Crippen LogP contribution is -2.53. The highest BCUT2D eigenvalue weighted by atomic mass is 16.6. The van der Waals surface area contributed by atoms with Crippen molar-refractivity contribution >= 4 is 17.7 Å². The summed E-state index contributed by atoms with van der Waals surface area (Å²) in [6, 6.07) is 9.27. The number of rotatable bonds is 5. The Labute approximate surface area is 171 Å². The van der Waals surface area contributed by atoms with Crippen molar-refractivity contribution in [2.75, 3.05) is 5.32 Å². The van der Waals surface area contributed by atoms with Gasteiger partial charge in [-0.3, -0.25) is 4.79 Å². The number of benzene rings is 1. The molecule has 0 spiro atoms. The highest BCUT2D eigenvalue weighted by molar-refractivity contribution is 5.99. The minimum Gasteiger partial charge on any atom is -0.444 e. The molecule has 1 aromatic carbocycles. The smallest absolute Gasteiger partial charge is 0.408 e. The van der Waals surface area contributed by atoms with E-state index in [1.165, 1.54) is 6.20 Å². The molecule has 0 unspecified atom stereocenters. The molecule has 2 rings (SSSR count). The zero-order valence-electron chi connectivity index (χ0n) is 18.0. The molecule has 7 heteroatoms. The first-order valence-corrected chi connectivity index (χ1v) is 9.40. The summed E-state index contributed by atoms with van der Waals surface area (Å²) in [7, 11) is 0. The van der Waals surface area contributed by atoms with Gasteiger partial charge in [0.2, 0.25) is 11.8 Å². The lowest BCUT2D eigenvalue weighted by atomic mass is 10.0. The molecule has 7 nitrogen and oxygen atoms in total. The number of anilines is 1. The fraction of sp³-hybridized carbons (Fsp3) is 0.409. The number of pyridine rings is 1. The molecular formula is C22H29N3O4. The summed E-state index contributed by atoms with van der Waals surface area (Å²) in [5, 5.41) is 5.31. The van der Waals surface area contributed by atoms with Crippen LogP contribution in [0.5, 0.6) is 11.6 Å². The summed E-state index contributed by atoms with van der Waals surface area (Å²) in [4.78, 5) is 28.8. The van der Waals surface area contributed by atoms with Crippen LogP contribution < -0.4 is 15.4 Å². The lowest BCUT2D eigenvalue weighted by Gasteiger charge is -2.27. The van der Waals surface area contributed by atoms with E-state index in [2.05, 4.69) is 15.6 Å². The average molecular weight is 399 g/mol. The Kier molecular flexibility index (Phi) is 6.51. The molecule has 29 heavy (non-hydrogen) atoms. The molecule has 0 aliphatic rings. The van der Waals surface area contributed by atoms with Crippen molar-refractivity contribution in [1.82, 2.24) is 10.3 Å². The number of amides is 2. The Balaban J connectivity index is 2.01. The van der Waals surface area contributed by atoms with Crippen molar-refractivity contribution in [3.8, 4) is 11.6 Å². The van der Waals surface area contributed by atoms with Gasteiger partial charge in [-0.25, -0.2) is 9.78 Å². The van der Waals surface area contributed by atoms with Gasteiger partial charge in [0.15, 0.2) is 0 Å². The van der Waals surface area contributed by atoms with Crippen molar-refractivity contribution in [2.24, 2.45) is 0 Å². The topological polar surface area (TPSA) is 89.6 Å². The van der Waals surface area contributed by atoms with E-state index in [0.29, 0.717) is 11.6 Å². The van der Waals surface area contributed by atoms with E-state index in [1.54, 1.807) is 46.8 Å². The highest BCUT2D eigenvalue weighted by Crippen LogP contribution is 2.27. The number of hydrogen-bond acceptors (Lipinski definition) is 5. The third-order valence-corrected chi connectivity index (χ3v) is 3.99. The Hall–Kier alpha value is -3.09. The molecule has 0 aliphatic heterocycles. The Morgan fingerprint density at radius 3 is 2.10 bits per heavy atom. The van der Waals surface area contributed by atoms with E-state index in [0.717, 1.165) is 16.9 Å². The van der Waals surface area contributed by atoms with E-state index < -0.39 is 23.1 Å². The van der Waals surface area contributed by atoms with Crippen molar-refractivity contribution < 1.29 is 19.1 Å². The van der Waals surface area contributed by atoms with Gasteiger partial charge < -0.3 is 20.1 Å².